The van der Waals surface area contributed by atoms with Gasteiger partial charge in [0.05, 0.1) is 18.2 Å². The lowest BCUT2D eigenvalue weighted by Gasteiger charge is -2.15. The van der Waals surface area contributed by atoms with Crippen LogP contribution >= 0.6 is 0 Å². The zero-order valence-corrected chi connectivity index (χ0v) is 15.8. The summed E-state index contributed by atoms with van der Waals surface area (Å²) in [5, 5.41) is 13.0. The molecule has 142 valence electrons. The van der Waals surface area contributed by atoms with Crippen molar-refractivity contribution in [1.82, 2.24) is 15.0 Å². The van der Waals surface area contributed by atoms with Gasteiger partial charge in [-0.25, -0.2) is 0 Å². The van der Waals surface area contributed by atoms with E-state index in [9.17, 15) is 4.79 Å². The smallest absolute Gasteiger partial charge is 0.254 e. The summed E-state index contributed by atoms with van der Waals surface area (Å²) in [4.78, 5) is 18.4. The lowest BCUT2D eigenvalue weighted by atomic mass is 10.1. The zero-order chi connectivity index (χ0) is 19.9. The van der Waals surface area contributed by atoms with Gasteiger partial charge >= 0.3 is 0 Å². The molecule has 0 atom stereocenters. The fourth-order valence-corrected chi connectivity index (χ4v) is 2.63. The maximum Gasteiger partial charge on any atom is 0.254 e. The van der Waals surface area contributed by atoms with E-state index in [4.69, 9.17) is 14.5 Å². The number of hydrogen-bond donors (Lipinski definition) is 0. The number of ether oxygens (including phenoxy) is 1. The van der Waals surface area contributed by atoms with E-state index in [0.717, 1.165) is 5.56 Å². The average molecular weight is 376 g/mol. The van der Waals surface area contributed by atoms with E-state index in [2.05, 4.69) is 16.2 Å². The molecule has 1 heterocycles. The summed E-state index contributed by atoms with van der Waals surface area (Å²) in [5.41, 5.74) is 1.85. The molecule has 3 rings (SSSR count). The van der Waals surface area contributed by atoms with Crippen LogP contribution in [0.4, 0.5) is 0 Å². The third kappa shape index (κ3) is 4.54. The maximum absolute atomic E-state index is 12.7. The molecule has 0 aliphatic heterocycles. The van der Waals surface area contributed by atoms with Gasteiger partial charge in [0, 0.05) is 24.6 Å². The molecule has 28 heavy (non-hydrogen) atoms. The third-order valence-corrected chi connectivity index (χ3v) is 4.16. The average Bonchev–Trinajstić information content (AvgIpc) is 3.19. The monoisotopic (exact) mass is 376 g/mol. The van der Waals surface area contributed by atoms with E-state index in [1.54, 1.807) is 37.4 Å². The molecule has 0 saturated carbocycles. The largest absolute Gasteiger partial charge is 0.489 e. The minimum Gasteiger partial charge on any atom is -0.489 e. The van der Waals surface area contributed by atoms with Gasteiger partial charge in [0.15, 0.2) is 5.82 Å². The predicted octanol–water partition coefficient (Wildman–Crippen LogP) is 3.35. The lowest BCUT2D eigenvalue weighted by molar-refractivity contribution is 0.0769. The van der Waals surface area contributed by atoms with Gasteiger partial charge in [0.2, 0.25) is 5.89 Å². The van der Waals surface area contributed by atoms with Crippen molar-refractivity contribution < 1.29 is 14.1 Å². The van der Waals surface area contributed by atoms with Crippen LogP contribution in [0.1, 0.15) is 40.1 Å². The Labute approximate surface area is 163 Å². The minimum absolute atomic E-state index is 0.181. The molecule has 0 saturated heterocycles. The van der Waals surface area contributed by atoms with Crippen LogP contribution in [-0.4, -0.2) is 28.0 Å². The Morgan fingerprint density at radius 2 is 2.07 bits per heavy atom. The summed E-state index contributed by atoms with van der Waals surface area (Å²) in [6, 6.07) is 16.3. The molecule has 1 amide bonds. The van der Waals surface area contributed by atoms with Gasteiger partial charge in [-0.2, -0.15) is 10.2 Å². The third-order valence-electron chi connectivity index (χ3n) is 4.16. The van der Waals surface area contributed by atoms with E-state index in [1.165, 1.54) is 4.90 Å². The zero-order valence-electron chi connectivity index (χ0n) is 15.8. The summed E-state index contributed by atoms with van der Waals surface area (Å²) in [6.45, 7) is 2.41. The molecule has 0 bridgehead atoms. The van der Waals surface area contributed by atoms with Crippen molar-refractivity contribution in [2.75, 3.05) is 7.05 Å². The van der Waals surface area contributed by atoms with Crippen LogP contribution in [0.25, 0.3) is 0 Å². The van der Waals surface area contributed by atoms with E-state index in [1.807, 2.05) is 25.1 Å². The highest BCUT2D eigenvalue weighted by Crippen LogP contribution is 2.18. The molecule has 7 heteroatoms. The maximum atomic E-state index is 12.7. The molecular weight excluding hydrogens is 356 g/mol. The first-order chi connectivity index (χ1) is 13.6. The van der Waals surface area contributed by atoms with Crippen LogP contribution < -0.4 is 4.74 Å². The van der Waals surface area contributed by atoms with E-state index >= 15 is 0 Å². The quantitative estimate of drug-likeness (QED) is 0.628. The normalized spacial score (nSPS) is 10.3. The van der Waals surface area contributed by atoms with E-state index in [0.29, 0.717) is 35.0 Å². The number of hydrogen-bond acceptors (Lipinski definition) is 6. The van der Waals surface area contributed by atoms with Crippen molar-refractivity contribution in [3.63, 3.8) is 0 Å². The number of amides is 1. The Hall–Kier alpha value is -3.66. The van der Waals surface area contributed by atoms with Gasteiger partial charge in [-0.1, -0.05) is 36.3 Å². The van der Waals surface area contributed by atoms with Gasteiger partial charge in [-0.3, -0.25) is 4.79 Å². The lowest BCUT2D eigenvalue weighted by Crippen LogP contribution is -2.26. The van der Waals surface area contributed by atoms with Crippen LogP contribution in [0.3, 0.4) is 0 Å². The Morgan fingerprint density at radius 1 is 1.25 bits per heavy atom. The molecule has 2 aromatic carbocycles. The number of nitriles is 1. The second kappa shape index (κ2) is 8.82. The van der Waals surface area contributed by atoms with Crippen LogP contribution in [0.5, 0.6) is 5.75 Å². The van der Waals surface area contributed by atoms with Crippen LogP contribution in [-0.2, 0) is 19.6 Å². The van der Waals surface area contributed by atoms with Crippen LogP contribution in [0.15, 0.2) is 53.1 Å². The number of carbonyl (C=O) groups excluding carboxylic acids is 1. The first-order valence-corrected chi connectivity index (χ1v) is 8.88. The molecule has 0 fully saturated rings. The molecule has 3 aromatic rings. The number of aryl methyl sites for hydroxylation is 1. The summed E-state index contributed by atoms with van der Waals surface area (Å²) in [5.74, 6) is 1.38. The highest BCUT2D eigenvalue weighted by atomic mass is 16.5. The van der Waals surface area contributed by atoms with E-state index < -0.39 is 0 Å². The van der Waals surface area contributed by atoms with Gasteiger partial charge in [0.1, 0.15) is 12.4 Å². The molecule has 0 aliphatic carbocycles. The first-order valence-electron chi connectivity index (χ1n) is 8.88. The van der Waals surface area contributed by atoms with Crippen molar-refractivity contribution in [2.45, 2.75) is 26.5 Å². The summed E-state index contributed by atoms with van der Waals surface area (Å²) >= 11 is 0. The van der Waals surface area contributed by atoms with E-state index in [-0.39, 0.29) is 19.1 Å². The molecular formula is C21H20N4O3. The number of benzene rings is 2. The molecule has 0 aliphatic rings. The molecule has 0 spiro atoms. The Kier molecular flexibility index (Phi) is 6.02. The SMILES string of the molecule is CCc1noc(CN(C)C(=O)c2cccc(OCc3ccccc3C#N)c2)n1. The van der Waals surface area contributed by atoms with Crippen molar-refractivity contribution in [3.05, 3.63) is 76.9 Å². The standard InChI is InChI=1S/C21H20N4O3/c1-3-19-23-20(28-24-19)13-25(2)21(26)15-9-6-10-18(11-15)27-14-17-8-5-4-7-16(17)12-22/h4-11H,3,13-14H2,1-2H3. The topological polar surface area (TPSA) is 92.3 Å². The van der Waals surface area contributed by atoms with Crippen LogP contribution in [0.2, 0.25) is 0 Å². The minimum atomic E-state index is -0.181. The highest BCUT2D eigenvalue weighted by molar-refractivity contribution is 5.94. The molecule has 0 radical (unpaired) electrons. The molecule has 7 nitrogen and oxygen atoms in total. The second-order valence-corrected chi connectivity index (χ2v) is 6.20. The van der Waals surface area contributed by atoms with Gasteiger partial charge in [-0.05, 0) is 24.3 Å². The summed E-state index contributed by atoms with van der Waals surface area (Å²) in [6.07, 6.45) is 0.676. The fourth-order valence-electron chi connectivity index (χ4n) is 2.63. The first kappa shape index (κ1) is 19.1. The summed E-state index contributed by atoms with van der Waals surface area (Å²) < 4.78 is 10.9. The second-order valence-electron chi connectivity index (χ2n) is 6.20. The highest BCUT2D eigenvalue weighted by Gasteiger charge is 2.16. The Bertz CT molecular complexity index is 1010. The summed E-state index contributed by atoms with van der Waals surface area (Å²) in [7, 11) is 1.68. The predicted molar refractivity (Wildman–Crippen MR) is 101 cm³/mol. The molecule has 0 unspecified atom stereocenters. The van der Waals surface area contributed by atoms with Crippen molar-refractivity contribution in [2.24, 2.45) is 0 Å². The number of aromatic nitrogens is 2. The fraction of sp³-hybridized carbons (Fsp3) is 0.238. The van der Waals surface area contributed by atoms with Crippen molar-refractivity contribution in [1.29, 1.82) is 5.26 Å². The van der Waals surface area contributed by atoms with Gasteiger partial charge in [0.25, 0.3) is 5.91 Å². The van der Waals surface area contributed by atoms with Crippen molar-refractivity contribution >= 4 is 5.91 Å². The van der Waals surface area contributed by atoms with Gasteiger partial charge < -0.3 is 14.2 Å². The number of carbonyl (C=O) groups is 1. The van der Waals surface area contributed by atoms with Gasteiger partial charge in [-0.15, -0.1) is 0 Å². The Morgan fingerprint density at radius 3 is 2.82 bits per heavy atom. The molecule has 1 aromatic heterocycles. The number of nitrogens with zero attached hydrogens (tertiary/aromatic N) is 4. The van der Waals surface area contributed by atoms with Crippen molar-refractivity contribution in [3.8, 4) is 11.8 Å². The molecule has 0 N–H and O–H groups in total. The Balaban J connectivity index is 1.66. The van der Waals surface area contributed by atoms with Crippen LogP contribution in [0, 0.1) is 11.3 Å². The number of rotatable bonds is 7.